The molecule has 0 bridgehead atoms. The van der Waals surface area contributed by atoms with Crippen LogP contribution in [0.5, 0.6) is 11.5 Å². The lowest BCUT2D eigenvalue weighted by Gasteiger charge is -2.14. The number of aromatic hydroxyl groups is 1. The van der Waals surface area contributed by atoms with Gasteiger partial charge in [0.05, 0.1) is 12.8 Å². The minimum Gasteiger partial charge on any atom is -0.504 e. The van der Waals surface area contributed by atoms with Gasteiger partial charge in [-0.15, -0.1) is 0 Å². The Balaban J connectivity index is 2.15. The number of ether oxygens (including phenoxy) is 1. The molecule has 1 heterocycles. The van der Waals surface area contributed by atoms with Gasteiger partial charge in [0.2, 0.25) is 0 Å². The molecule has 0 fully saturated rings. The molecule has 0 radical (unpaired) electrons. The fourth-order valence-electron chi connectivity index (χ4n) is 1.63. The highest BCUT2D eigenvalue weighted by atomic mass is 19.4. The molecule has 0 unspecified atom stereocenters. The van der Waals surface area contributed by atoms with E-state index < -0.39 is 12.0 Å². The highest BCUT2D eigenvalue weighted by Gasteiger charge is 2.42. The maximum Gasteiger partial charge on any atom is 0.453 e. The van der Waals surface area contributed by atoms with Crippen molar-refractivity contribution in [2.75, 3.05) is 13.3 Å². The Morgan fingerprint density at radius 3 is 2.95 bits per heavy atom. The molecule has 0 aromatic heterocycles. The summed E-state index contributed by atoms with van der Waals surface area (Å²) in [4.78, 5) is 0. The van der Waals surface area contributed by atoms with Gasteiger partial charge < -0.3 is 9.84 Å². The number of alkyl halides is 3. The van der Waals surface area contributed by atoms with Gasteiger partial charge >= 0.3 is 6.18 Å². The molecular formula is C12H13F3N4O2. The zero-order valence-corrected chi connectivity index (χ0v) is 11.1. The summed E-state index contributed by atoms with van der Waals surface area (Å²) >= 11 is 0. The number of rotatable bonds is 4. The largest absolute Gasteiger partial charge is 0.504 e. The van der Waals surface area contributed by atoms with Gasteiger partial charge in [0.15, 0.2) is 11.5 Å². The second kappa shape index (κ2) is 5.90. The summed E-state index contributed by atoms with van der Waals surface area (Å²) in [7, 11) is 0. The van der Waals surface area contributed by atoms with Crippen LogP contribution in [-0.4, -0.2) is 41.6 Å². The van der Waals surface area contributed by atoms with Gasteiger partial charge in [-0.05, 0) is 30.7 Å². The van der Waals surface area contributed by atoms with Crippen molar-refractivity contribution < 1.29 is 23.0 Å². The first-order valence-corrected chi connectivity index (χ1v) is 6.07. The van der Waals surface area contributed by atoms with Crippen LogP contribution in [0.2, 0.25) is 0 Å². The van der Waals surface area contributed by atoms with Gasteiger partial charge in [-0.25, -0.2) is 5.01 Å². The molecule has 21 heavy (non-hydrogen) atoms. The van der Waals surface area contributed by atoms with Crippen LogP contribution >= 0.6 is 0 Å². The van der Waals surface area contributed by atoms with E-state index in [1.807, 2.05) is 0 Å². The van der Waals surface area contributed by atoms with Crippen molar-refractivity contribution in [1.29, 1.82) is 0 Å². The lowest BCUT2D eigenvalue weighted by Crippen LogP contribution is -2.35. The van der Waals surface area contributed by atoms with Crippen LogP contribution < -0.4 is 10.2 Å². The van der Waals surface area contributed by atoms with Gasteiger partial charge in [-0.2, -0.15) is 23.4 Å². The third-order valence-corrected chi connectivity index (χ3v) is 2.53. The van der Waals surface area contributed by atoms with Crippen molar-refractivity contribution >= 4 is 12.1 Å². The van der Waals surface area contributed by atoms with E-state index >= 15 is 0 Å². The van der Waals surface area contributed by atoms with Crippen LogP contribution in [0, 0.1) is 0 Å². The minimum atomic E-state index is -4.58. The number of benzene rings is 1. The van der Waals surface area contributed by atoms with E-state index in [1.165, 1.54) is 24.4 Å². The summed E-state index contributed by atoms with van der Waals surface area (Å²) in [6.07, 6.45) is -3.34. The number of hydrogen-bond donors (Lipinski definition) is 2. The molecule has 1 aliphatic heterocycles. The molecule has 1 aromatic carbocycles. The lowest BCUT2D eigenvalue weighted by atomic mass is 10.2. The number of hydrazone groups is 2. The molecule has 9 heteroatoms. The second-order valence-corrected chi connectivity index (χ2v) is 4.05. The summed E-state index contributed by atoms with van der Waals surface area (Å²) in [5, 5.41) is 17.1. The van der Waals surface area contributed by atoms with Crippen molar-refractivity contribution in [3.63, 3.8) is 0 Å². The van der Waals surface area contributed by atoms with Crippen molar-refractivity contribution in [1.82, 2.24) is 10.4 Å². The van der Waals surface area contributed by atoms with E-state index in [1.54, 1.807) is 6.92 Å². The Morgan fingerprint density at radius 2 is 2.29 bits per heavy atom. The standard InChI is InChI=1S/C12H13F3N4O2/c1-2-21-10-5-8(3-4-9(10)20)6-17-19-7-16-18-11(19)12(13,14)15/h3-6,16,20H,2,7H2,1H3. The number of halogens is 3. The van der Waals surface area contributed by atoms with Gasteiger partial charge in [0.1, 0.15) is 6.67 Å². The zero-order chi connectivity index (χ0) is 15.5. The van der Waals surface area contributed by atoms with Gasteiger partial charge in [0.25, 0.3) is 5.84 Å². The Hall–Kier alpha value is -2.45. The van der Waals surface area contributed by atoms with Crippen molar-refractivity contribution in [2.45, 2.75) is 13.1 Å². The molecule has 114 valence electrons. The summed E-state index contributed by atoms with van der Waals surface area (Å²) in [5.74, 6) is -0.914. The first-order chi connectivity index (χ1) is 9.91. The van der Waals surface area contributed by atoms with Crippen LogP contribution in [0.3, 0.4) is 0 Å². The van der Waals surface area contributed by atoms with Crippen LogP contribution in [-0.2, 0) is 0 Å². The number of amidine groups is 1. The number of nitrogens with zero attached hydrogens (tertiary/aromatic N) is 3. The Kier molecular flexibility index (Phi) is 4.20. The molecular weight excluding hydrogens is 289 g/mol. The Bertz CT molecular complexity index is 572. The van der Waals surface area contributed by atoms with E-state index in [0.717, 1.165) is 0 Å². The normalized spacial score (nSPS) is 15.2. The molecule has 1 aromatic rings. The van der Waals surface area contributed by atoms with Crippen LogP contribution in [0.1, 0.15) is 12.5 Å². The molecule has 0 saturated carbocycles. The Morgan fingerprint density at radius 1 is 1.52 bits per heavy atom. The molecule has 0 spiro atoms. The molecule has 0 aliphatic carbocycles. The smallest absolute Gasteiger partial charge is 0.453 e. The van der Waals surface area contributed by atoms with Crippen molar-refractivity contribution in [3.05, 3.63) is 23.8 Å². The summed E-state index contributed by atoms with van der Waals surface area (Å²) in [6.45, 7) is 1.94. The second-order valence-electron chi connectivity index (χ2n) is 4.05. The van der Waals surface area contributed by atoms with Crippen molar-refractivity contribution in [2.24, 2.45) is 10.2 Å². The maximum atomic E-state index is 12.6. The molecule has 2 N–H and O–H groups in total. The lowest BCUT2D eigenvalue weighted by molar-refractivity contribution is -0.0672. The SMILES string of the molecule is CCOc1cc(C=NN2CNN=C2C(F)(F)F)ccc1O. The highest BCUT2D eigenvalue weighted by Crippen LogP contribution is 2.26. The van der Waals surface area contributed by atoms with Crippen LogP contribution in [0.25, 0.3) is 0 Å². The molecule has 0 amide bonds. The van der Waals surface area contributed by atoms with E-state index in [9.17, 15) is 18.3 Å². The van der Waals surface area contributed by atoms with Gasteiger partial charge in [-0.3, -0.25) is 5.43 Å². The van der Waals surface area contributed by atoms with E-state index in [4.69, 9.17) is 4.74 Å². The Labute approximate surface area is 118 Å². The van der Waals surface area contributed by atoms with Crippen molar-refractivity contribution in [3.8, 4) is 11.5 Å². The third-order valence-electron chi connectivity index (χ3n) is 2.53. The number of hydrogen-bond acceptors (Lipinski definition) is 6. The monoisotopic (exact) mass is 302 g/mol. The van der Waals surface area contributed by atoms with Gasteiger partial charge in [0, 0.05) is 0 Å². The quantitative estimate of drug-likeness (QED) is 0.833. The predicted octanol–water partition coefficient (Wildman–Crippen LogP) is 1.86. The summed E-state index contributed by atoms with van der Waals surface area (Å²) < 4.78 is 43.0. The molecule has 0 atom stereocenters. The fraction of sp³-hybridized carbons (Fsp3) is 0.333. The van der Waals surface area contributed by atoms with Crippen LogP contribution in [0.15, 0.2) is 28.4 Å². The first-order valence-electron chi connectivity index (χ1n) is 6.07. The topological polar surface area (TPSA) is 69.5 Å². The van der Waals surface area contributed by atoms with Crippen LogP contribution in [0.4, 0.5) is 13.2 Å². The van der Waals surface area contributed by atoms with Gasteiger partial charge in [-0.1, -0.05) is 0 Å². The maximum absolute atomic E-state index is 12.6. The van der Waals surface area contributed by atoms with E-state index in [-0.39, 0.29) is 18.2 Å². The molecule has 6 nitrogen and oxygen atoms in total. The summed E-state index contributed by atoms with van der Waals surface area (Å²) in [5.41, 5.74) is 2.71. The average Bonchev–Trinajstić information content (AvgIpc) is 2.88. The highest BCUT2D eigenvalue weighted by molar-refractivity contribution is 5.90. The van der Waals surface area contributed by atoms with E-state index in [2.05, 4.69) is 15.6 Å². The summed E-state index contributed by atoms with van der Waals surface area (Å²) in [6, 6.07) is 4.37. The zero-order valence-electron chi connectivity index (χ0n) is 11.1. The third kappa shape index (κ3) is 3.56. The first kappa shape index (κ1) is 14.9. The minimum absolute atomic E-state index is 0.0469. The molecule has 1 aliphatic rings. The number of phenols is 1. The number of phenolic OH excluding ortho intramolecular Hbond substituents is 1. The number of nitrogens with one attached hydrogen (secondary N) is 1. The fourth-order valence-corrected chi connectivity index (χ4v) is 1.63. The average molecular weight is 302 g/mol. The van der Waals surface area contributed by atoms with E-state index in [0.29, 0.717) is 17.2 Å². The predicted molar refractivity (Wildman–Crippen MR) is 70.2 cm³/mol. The molecule has 0 saturated heterocycles. The molecule has 2 rings (SSSR count).